The lowest BCUT2D eigenvalue weighted by molar-refractivity contribution is -0.0971. The molecular formula is C12H23NO4. The van der Waals surface area contributed by atoms with Crippen LogP contribution in [0.25, 0.3) is 0 Å². The zero-order valence-corrected chi connectivity index (χ0v) is 11.1. The maximum absolute atomic E-state index is 11.8. The summed E-state index contributed by atoms with van der Waals surface area (Å²) in [6.45, 7) is 7.85. The third-order valence-electron chi connectivity index (χ3n) is 3.15. The van der Waals surface area contributed by atoms with Crippen molar-refractivity contribution in [1.29, 1.82) is 0 Å². The minimum Gasteiger partial charge on any atom is -0.444 e. The van der Waals surface area contributed by atoms with E-state index in [2.05, 4.69) is 0 Å². The van der Waals surface area contributed by atoms with Crippen LogP contribution < -0.4 is 0 Å². The first-order chi connectivity index (χ1) is 7.68. The van der Waals surface area contributed by atoms with Crippen molar-refractivity contribution in [2.75, 3.05) is 19.7 Å². The summed E-state index contributed by atoms with van der Waals surface area (Å²) in [4.78, 5) is 13.4. The maximum atomic E-state index is 11.8. The zero-order valence-electron chi connectivity index (χ0n) is 11.1. The van der Waals surface area contributed by atoms with Crippen LogP contribution in [-0.2, 0) is 4.74 Å². The summed E-state index contributed by atoms with van der Waals surface area (Å²) in [6, 6.07) is 0. The van der Waals surface area contributed by atoms with Gasteiger partial charge in [-0.05, 0) is 27.2 Å². The third-order valence-corrected chi connectivity index (χ3v) is 3.15. The lowest BCUT2D eigenvalue weighted by Crippen LogP contribution is -2.54. The van der Waals surface area contributed by atoms with E-state index in [0.29, 0.717) is 19.5 Å². The second kappa shape index (κ2) is 4.82. The fourth-order valence-corrected chi connectivity index (χ4v) is 1.89. The number of amides is 1. The molecule has 0 aromatic rings. The normalized spacial score (nSPS) is 30.2. The Labute approximate surface area is 102 Å². The van der Waals surface area contributed by atoms with Gasteiger partial charge in [0.15, 0.2) is 0 Å². The van der Waals surface area contributed by atoms with Crippen LogP contribution in [0.4, 0.5) is 4.79 Å². The average molecular weight is 245 g/mol. The Hall–Kier alpha value is -0.810. The number of aliphatic hydroxyl groups excluding tert-OH is 1. The van der Waals surface area contributed by atoms with Crippen LogP contribution in [0.2, 0.25) is 0 Å². The highest BCUT2D eigenvalue weighted by Crippen LogP contribution is 2.28. The first-order valence-electron chi connectivity index (χ1n) is 5.99. The van der Waals surface area contributed by atoms with Gasteiger partial charge in [-0.15, -0.1) is 0 Å². The van der Waals surface area contributed by atoms with Crippen LogP contribution >= 0.6 is 0 Å². The molecule has 0 aromatic heterocycles. The fourth-order valence-electron chi connectivity index (χ4n) is 1.89. The Morgan fingerprint density at radius 1 is 1.53 bits per heavy atom. The molecule has 2 atom stereocenters. The van der Waals surface area contributed by atoms with Crippen LogP contribution in [0.1, 0.15) is 34.1 Å². The molecule has 0 spiro atoms. The van der Waals surface area contributed by atoms with Crippen molar-refractivity contribution in [2.45, 2.75) is 45.3 Å². The SMILES string of the molecule is CC1CN(C(=O)OC(C)(C)C)CCC1(O)CO. The fraction of sp³-hybridized carbons (Fsp3) is 0.917. The van der Waals surface area contributed by atoms with Crippen molar-refractivity contribution in [3.05, 3.63) is 0 Å². The van der Waals surface area contributed by atoms with E-state index in [-0.39, 0.29) is 18.6 Å². The molecule has 0 aliphatic carbocycles. The van der Waals surface area contributed by atoms with Crippen LogP contribution in [0, 0.1) is 5.92 Å². The number of hydrogen-bond donors (Lipinski definition) is 2. The average Bonchev–Trinajstić information content (AvgIpc) is 2.19. The number of likely N-dealkylation sites (tertiary alicyclic amines) is 1. The number of carbonyl (C=O) groups is 1. The molecule has 1 aliphatic rings. The number of rotatable bonds is 1. The molecule has 0 radical (unpaired) electrons. The Balaban J connectivity index is 2.58. The largest absolute Gasteiger partial charge is 0.444 e. The molecule has 1 saturated heterocycles. The molecule has 1 heterocycles. The summed E-state index contributed by atoms with van der Waals surface area (Å²) in [7, 11) is 0. The van der Waals surface area contributed by atoms with Crippen molar-refractivity contribution in [3.63, 3.8) is 0 Å². The highest BCUT2D eigenvalue weighted by molar-refractivity contribution is 5.68. The van der Waals surface area contributed by atoms with E-state index in [1.54, 1.807) is 4.90 Å². The molecule has 17 heavy (non-hydrogen) atoms. The van der Waals surface area contributed by atoms with Crippen molar-refractivity contribution >= 4 is 6.09 Å². The number of carbonyl (C=O) groups excluding carboxylic acids is 1. The van der Waals surface area contributed by atoms with E-state index in [0.717, 1.165) is 0 Å². The molecule has 5 nitrogen and oxygen atoms in total. The van der Waals surface area contributed by atoms with Gasteiger partial charge >= 0.3 is 6.09 Å². The summed E-state index contributed by atoms with van der Waals surface area (Å²) in [5, 5.41) is 19.2. The van der Waals surface area contributed by atoms with Crippen molar-refractivity contribution in [1.82, 2.24) is 4.90 Å². The molecule has 0 bridgehead atoms. The van der Waals surface area contributed by atoms with Crippen molar-refractivity contribution in [2.24, 2.45) is 5.92 Å². The first kappa shape index (κ1) is 14.3. The van der Waals surface area contributed by atoms with Crippen LogP contribution in [0.5, 0.6) is 0 Å². The van der Waals surface area contributed by atoms with E-state index in [1.165, 1.54) is 0 Å². The minimum atomic E-state index is -1.07. The standard InChI is InChI=1S/C12H23NO4/c1-9-7-13(6-5-12(9,16)8-14)10(15)17-11(2,3)4/h9,14,16H,5-8H2,1-4H3. The number of nitrogens with zero attached hydrogens (tertiary/aromatic N) is 1. The van der Waals surface area contributed by atoms with Gasteiger partial charge < -0.3 is 19.8 Å². The van der Waals surface area contributed by atoms with E-state index >= 15 is 0 Å². The van der Waals surface area contributed by atoms with Gasteiger partial charge in [0.05, 0.1) is 12.2 Å². The van der Waals surface area contributed by atoms with Gasteiger partial charge in [-0.2, -0.15) is 0 Å². The van der Waals surface area contributed by atoms with Crippen LogP contribution in [0.3, 0.4) is 0 Å². The lowest BCUT2D eigenvalue weighted by Gasteiger charge is -2.42. The third kappa shape index (κ3) is 3.57. The first-order valence-corrected chi connectivity index (χ1v) is 5.99. The monoisotopic (exact) mass is 245 g/mol. The lowest BCUT2D eigenvalue weighted by atomic mass is 9.83. The molecule has 0 aromatic carbocycles. The molecule has 2 N–H and O–H groups in total. The zero-order chi connectivity index (χ0) is 13.3. The van der Waals surface area contributed by atoms with Crippen LogP contribution in [-0.4, -0.2) is 52.1 Å². The Morgan fingerprint density at radius 3 is 2.53 bits per heavy atom. The highest BCUT2D eigenvalue weighted by Gasteiger charge is 2.40. The summed E-state index contributed by atoms with van der Waals surface area (Å²) >= 11 is 0. The summed E-state index contributed by atoms with van der Waals surface area (Å²) in [6.07, 6.45) is 0.0218. The van der Waals surface area contributed by atoms with Gasteiger partial charge in [-0.3, -0.25) is 0 Å². The van der Waals surface area contributed by atoms with Crippen LogP contribution in [0.15, 0.2) is 0 Å². The van der Waals surface area contributed by atoms with Gasteiger partial charge in [-0.25, -0.2) is 4.79 Å². The second-order valence-corrected chi connectivity index (χ2v) is 5.84. The van der Waals surface area contributed by atoms with E-state index in [9.17, 15) is 9.90 Å². The summed E-state index contributed by atoms with van der Waals surface area (Å²) in [5.41, 5.74) is -1.58. The molecule has 0 saturated carbocycles. The highest BCUT2D eigenvalue weighted by atomic mass is 16.6. The molecular weight excluding hydrogens is 222 g/mol. The Morgan fingerprint density at radius 2 is 2.12 bits per heavy atom. The van der Waals surface area contributed by atoms with Gasteiger partial charge in [0.25, 0.3) is 0 Å². The molecule has 1 fully saturated rings. The van der Waals surface area contributed by atoms with E-state index in [4.69, 9.17) is 9.84 Å². The quantitative estimate of drug-likeness (QED) is 0.722. The molecule has 1 rings (SSSR count). The van der Waals surface area contributed by atoms with Gasteiger partial charge in [-0.1, -0.05) is 6.92 Å². The second-order valence-electron chi connectivity index (χ2n) is 5.84. The maximum Gasteiger partial charge on any atom is 0.410 e. The van der Waals surface area contributed by atoms with Crippen molar-refractivity contribution < 1.29 is 19.7 Å². The Kier molecular flexibility index (Phi) is 4.04. The molecule has 1 amide bonds. The molecule has 100 valence electrons. The number of hydrogen-bond acceptors (Lipinski definition) is 4. The van der Waals surface area contributed by atoms with Gasteiger partial charge in [0.1, 0.15) is 5.60 Å². The molecule has 1 aliphatic heterocycles. The van der Waals surface area contributed by atoms with Crippen molar-refractivity contribution in [3.8, 4) is 0 Å². The van der Waals surface area contributed by atoms with Gasteiger partial charge in [0, 0.05) is 19.0 Å². The number of ether oxygens (including phenoxy) is 1. The topological polar surface area (TPSA) is 70.0 Å². The smallest absolute Gasteiger partial charge is 0.410 e. The predicted octanol–water partition coefficient (Wildman–Crippen LogP) is 0.987. The molecule has 5 heteroatoms. The van der Waals surface area contributed by atoms with E-state index in [1.807, 2.05) is 27.7 Å². The summed E-state index contributed by atoms with van der Waals surface area (Å²) in [5.74, 6) is -0.159. The number of piperidine rings is 1. The van der Waals surface area contributed by atoms with Gasteiger partial charge in [0.2, 0.25) is 0 Å². The molecule has 2 unspecified atom stereocenters. The Bertz CT molecular complexity index is 287. The predicted molar refractivity (Wildman–Crippen MR) is 63.6 cm³/mol. The summed E-state index contributed by atoms with van der Waals surface area (Å²) < 4.78 is 5.27. The van der Waals surface area contributed by atoms with E-state index < -0.39 is 11.2 Å². The number of aliphatic hydroxyl groups is 2. The minimum absolute atomic E-state index is 0.159.